The minimum Gasteiger partial charge on any atom is -0.550 e. The van der Waals surface area contributed by atoms with E-state index in [1.54, 1.807) is 0 Å². The molecule has 0 aliphatic carbocycles. The standard InChI is InChI=1S/C23H47NO3/c1-4-7-10-11-12-13-14-15-16-22(25)21-24(18-8-5-2,19-9-6-3)20-17-23(26)27/h22,25H,4-21H2,1-3H3. The van der Waals surface area contributed by atoms with Crippen LogP contribution in [0.2, 0.25) is 0 Å². The molecule has 1 atom stereocenters. The normalized spacial score (nSPS) is 13.0. The first kappa shape index (κ1) is 26.4. The molecule has 0 aromatic rings. The van der Waals surface area contributed by atoms with Crippen molar-refractivity contribution in [3.05, 3.63) is 0 Å². The maximum Gasteiger partial charge on any atom is 0.105 e. The zero-order valence-corrected chi connectivity index (χ0v) is 18.5. The summed E-state index contributed by atoms with van der Waals surface area (Å²) >= 11 is 0. The van der Waals surface area contributed by atoms with Crippen molar-refractivity contribution in [2.45, 2.75) is 117 Å². The minimum absolute atomic E-state index is 0.0951. The molecular formula is C23H47NO3. The van der Waals surface area contributed by atoms with Crippen molar-refractivity contribution in [2.24, 2.45) is 0 Å². The van der Waals surface area contributed by atoms with E-state index in [-0.39, 0.29) is 12.5 Å². The molecule has 162 valence electrons. The number of rotatable bonds is 20. The Kier molecular flexibility index (Phi) is 17.1. The summed E-state index contributed by atoms with van der Waals surface area (Å²) in [6.07, 6.45) is 15.2. The van der Waals surface area contributed by atoms with Gasteiger partial charge in [-0.1, -0.05) is 85.0 Å². The monoisotopic (exact) mass is 385 g/mol. The number of aliphatic hydroxyl groups excluding tert-OH is 1. The van der Waals surface area contributed by atoms with Crippen LogP contribution in [0.1, 0.15) is 111 Å². The number of hydrogen-bond acceptors (Lipinski definition) is 3. The Labute approximate surface area is 168 Å². The van der Waals surface area contributed by atoms with Crippen molar-refractivity contribution in [1.29, 1.82) is 0 Å². The van der Waals surface area contributed by atoms with E-state index in [4.69, 9.17) is 0 Å². The van der Waals surface area contributed by atoms with Crippen LogP contribution in [-0.2, 0) is 4.79 Å². The number of aliphatic carboxylic acids is 1. The van der Waals surface area contributed by atoms with Crippen LogP contribution in [0.15, 0.2) is 0 Å². The average molecular weight is 386 g/mol. The zero-order chi connectivity index (χ0) is 20.4. The maximum absolute atomic E-state index is 11.0. The van der Waals surface area contributed by atoms with Gasteiger partial charge in [-0.2, -0.15) is 0 Å². The molecule has 1 N–H and O–H groups in total. The molecule has 0 fully saturated rings. The van der Waals surface area contributed by atoms with E-state index in [0.717, 1.165) is 56.1 Å². The lowest BCUT2D eigenvalue weighted by molar-refractivity contribution is -0.931. The second kappa shape index (κ2) is 17.5. The average Bonchev–Trinajstić information content (AvgIpc) is 2.65. The predicted molar refractivity (Wildman–Crippen MR) is 112 cm³/mol. The number of aliphatic hydroxyl groups is 1. The van der Waals surface area contributed by atoms with Crippen LogP contribution in [0.4, 0.5) is 0 Å². The van der Waals surface area contributed by atoms with Crippen molar-refractivity contribution >= 4 is 5.97 Å². The molecular weight excluding hydrogens is 338 g/mol. The SMILES string of the molecule is CCCCCCCCCCC(O)C[N+](CCCC)(CCCC)CCC(=O)[O-]. The molecule has 0 rings (SSSR count). The topological polar surface area (TPSA) is 60.4 Å². The van der Waals surface area contributed by atoms with Gasteiger partial charge in [0.25, 0.3) is 0 Å². The quantitative estimate of drug-likeness (QED) is 0.249. The summed E-state index contributed by atoms with van der Waals surface area (Å²) in [5.74, 6) is -0.969. The Morgan fingerprint density at radius 3 is 1.74 bits per heavy atom. The van der Waals surface area contributed by atoms with E-state index >= 15 is 0 Å². The highest BCUT2D eigenvalue weighted by Crippen LogP contribution is 2.18. The van der Waals surface area contributed by atoms with Crippen LogP contribution in [0.3, 0.4) is 0 Å². The molecule has 1 unspecified atom stereocenters. The van der Waals surface area contributed by atoms with Crippen molar-refractivity contribution in [2.75, 3.05) is 26.2 Å². The molecule has 0 bridgehead atoms. The summed E-state index contributed by atoms with van der Waals surface area (Å²) in [7, 11) is 0. The van der Waals surface area contributed by atoms with Crippen molar-refractivity contribution in [3.8, 4) is 0 Å². The summed E-state index contributed by atoms with van der Waals surface area (Å²) in [6.45, 7) is 9.82. The number of hydrogen-bond donors (Lipinski definition) is 1. The Hall–Kier alpha value is -0.610. The highest BCUT2D eigenvalue weighted by Gasteiger charge is 2.29. The zero-order valence-electron chi connectivity index (χ0n) is 18.5. The van der Waals surface area contributed by atoms with Crippen molar-refractivity contribution in [3.63, 3.8) is 0 Å². The first-order valence-corrected chi connectivity index (χ1v) is 11.7. The van der Waals surface area contributed by atoms with Gasteiger partial charge in [0.15, 0.2) is 0 Å². The molecule has 27 heavy (non-hydrogen) atoms. The van der Waals surface area contributed by atoms with Crippen molar-refractivity contribution in [1.82, 2.24) is 0 Å². The van der Waals surface area contributed by atoms with Crippen LogP contribution in [0.5, 0.6) is 0 Å². The largest absolute Gasteiger partial charge is 0.550 e. The molecule has 0 aromatic carbocycles. The van der Waals surface area contributed by atoms with Crippen molar-refractivity contribution < 1.29 is 19.5 Å². The van der Waals surface area contributed by atoms with Gasteiger partial charge in [0.05, 0.1) is 19.6 Å². The Balaban J connectivity index is 4.39. The minimum atomic E-state index is -0.969. The molecule has 4 nitrogen and oxygen atoms in total. The van der Waals surface area contributed by atoms with Gasteiger partial charge in [0.2, 0.25) is 0 Å². The first-order valence-electron chi connectivity index (χ1n) is 11.7. The van der Waals surface area contributed by atoms with Gasteiger partial charge < -0.3 is 19.5 Å². The van der Waals surface area contributed by atoms with Crippen LogP contribution < -0.4 is 5.11 Å². The van der Waals surface area contributed by atoms with Gasteiger partial charge >= 0.3 is 0 Å². The first-order chi connectivity index (χ1) is 13.0. The predicted octanol–water partition coefficient (Wildman–Crippen LogP) is 4.44. The van der Waals surface area contributed by atoms with Gasteiger partial charge in [-0.25, -0.2) is 0 Å². The smallest absolute Gasteiger partial charge is 0.105 e. The number of carboxylic acid groups (broad SMARTS) is 1. The Morgan fingerprint density at radius 1 is 0.778 bits per heavy atom. The van der Waals surface area contributed by atoms with Gasteiger partial charge in [0, 0.05) is 12.4 Å². The number of carbonyl (C=O) groups excluding carboxylic acids is 1. The molecule has 0 saturated carbocycles. The van der Waals surface area contributed by atoms with E-state index in [1.165, 1.54) is 44.9 Å². The number of carboxylic acids is 1. The van der Waals surface area contributed by atoms with Gasteiger partial charge in [-0.15, -0.1) is 0 Å². The van der Waals surface area contributed by atoms with Crippen LogP contribution in [0.25, 0.3) is 0 Å². The highest BCUT2D eigenvalue weighted by atomic mass is 16.4. The number of quaternary nitrogens is 1. The fraction of sp³-hybridized carbons (Fsp3) is 0.957. The molecule has 0 aromatic heterocycles. The molecule has 4 heteroatoms. The maximum atomic E-state index is 11.0. The van der Waals surface area contributed by atoms with E-state index in [2.05, 4.69) is 20.8 Å². The number of carbonyl (C=O) groups is 1. The fourth-order valence-corrected chi connectivity index (χ4v) is 3.98. The number of nitrogens with zero attached hydrogens (tertiary/aromatic N) is 1. The highest BCUT2D eigenvalue weighted by molar-refractivity contribution is 5.64. The second-order valence-corrected chi connectivity index (χ2v) is 8.44. The van der Waals surface area contributed by atoms with Gasteiger partial charge in [-0.3, -0.25) is 0 Å². The van der Waals surface area contributed by atoms with E-state index in [9.17, 15) is 15.0 Å². The lowest BCUT2D eigenvalue weighted by atomic mass is 10.0. The van der Waals surface area contributed by atoms with Crippen LogP contribution in [0, 0.1) is 0 Å². The third-order valence-electron chi connectivity index (χ3n) is 5.75. The van der Waals surface area contributed by atoms with Crippen LogP contribution in [-0.4, -0.2) is 47.8 Å². The molecule has 0 amide bonds. The van der Waals surface area contributed by atoms with Gasteiger partial charge in [0.1, 0.15) is 12.6 Å². The second-order valence-electron chi connectivity index (χ2n) is 8.44. The van der Waals surface area contributed by atoms with Gasteiger partial charge in [-0.05, 0) is 19.3 Å². The summed E-state index contributed by atoms with van der Waals surface area (Å²) in [5.41, 5.74) is 0. The molecule has 0 heterocycles. The Morgan fingerprint density at radius 2 is 1.26 bits per heavy atom. The van der Waals surface area contributed by atoms with E-state index < -0.39 is 5.97 Å². The summed E-state index contributed by atoms with van der Waals surface area (Å²) in [5, 5.41) is 21.7. The third kappa shape index (κ3) is 15.0. The summed E-state index contributed by atoms with van der Waals surface area (Å²) in [4.78, 5) is 11.0. The lowest BCUT2D eigenvalue weighted by Gasteiger charge is -2.40. The fourth-order valence-electron chi connectivity index (χ4n) is 3.98. The molecule has 0 saturated heterocycles. The molecule has 0 radical (unpaired) electrons. The molecule has 0 aliphatic rings. The molecule has 0 aliphatic heterocycles. The van der Waals surface area contributed by atoms with E-state index in [1.807, 2.05) is 0 Å². The van der Waals surface area contributed by atoms with Crippen LogP contribution >= 0.6 is 0 Å². The lowest BCUT2D eigenvalue weighted by Crippen LogP contribution is -2.55. The number of unbranched alkanes of at least 4 members (excludes halogenated alkanes) is 9. The summed E-state index contributed by atoms with van der Waals surface area (Å²) < 4.78 is 0.744. The van der Waals surface area contributed by atoms with E-state index in [0.29, 0.717) is 13.1 Å². The third-order valence-corrected chi connectivity index (χ3v) is 5.75. The Bertz CT molecular complexity index is 339. The molecule has 0 spiro atoms. The summed E-state index contributed by atoms with van der Waals surface area (Å²) in [6, 6.07) is 0.